The van der Waals surface area contributed by atoms with Gasteiger partial charge >= 0.3 is 29.8 Å². The van der Waals surface area contributed by atoms with Crippen molar-refractivity contribution in [2.75, 3.05) is 11.6 Å². The first-order chi connectivity index (χ1) is 29.9. The third-order valence-electron chi connectivity index (χ3n) is 8.80. The molecule has 2 aliphatic rings. The SMILES string of the molecule is CC(=O)Oc1ccc(C(ON=C(C(=O)N[C@@H]2C(=O)N3C(C(=O)O)=C(CCl)CS[C@@H]23)c2nsc(C(=O)OC(C)(C)C)n2)C(=O)OC(c2ccccc2)c2ccccc2)cc1OC(C)=O. The number of oxime groups is 1. The van der Waals surface area contributed by atoms with E-state index in [4.69, 9.17) is 35.4 Å². The molecule has 1 fully saturated rings. The first kappa shape index (κ1) is 45.9. The van der Waals surface area contributed by atoms with Crippen molar-refractivity contribution < 1.29 is 62.5 Å². The zero-order chi connectivity index (χ0) is 45.6. The molecule has 328 valence electrons. The predicted octanol–water partition coefficient (Wildman–Crippen LogP) is 5.12. The molecule has 2 aliphatic heterocycles. The highest BCUT2D eigenvalue weighted by molar-refractivity contribution is 8.00. The summed E-state index contributed by atoms with van der Waals surface area (Å²) in [6.45, 7) is 7.14. The number of ether oxygens (including phenoxy) is 4. The first-order valence-electron chi connectivity index (χ1n) is 18.8. The van der Waals surface area contributed by atoms with Crippen molar-refractivity contribution in [3.63, 3.8) is 0 Å². The molecule has 18 nitrogen and oxygen atoms in total. The maximum absolute atomic E-state index is 14.5. The molecule has 3 atom stereocenters. The fourth-order valence-electron chi connectivity index (χ4n) is 6.17. The third kappa shape index (κ3) is 10.9. The van der Waals surface area contributed by atoms with Crippen LogP contribution in [0.2, 0.25) is 0 Å². The summed E-state index contributed by atoms with van der Waals surface area (Å²) in [5, 5.41) is 15.3. The van der Waals surface area contributed by atoms with Crippen LogP contribution in [-0.2, 0) is 43.1 Å². The van der Waals surface area contributed by atoms with E-state index in [-0.39, 0.29) is 39.4 Å². The van der Waals surface area contributed by atoms with E-state index in [9.17, 15) is 38.7 Å². The highest BCUT2D eigenvalue weighted by atomic mass is 35.5. The van der Waals surface area contributed by atoms with Gasteiger partial charge in [0.05, 0.1) is 0 Å². The second-order valence-electron chi connectivity index (χ2n) is 14.6. The number of carboxylic acid groups (broad SMARTS) is 1. The van der Waals surface area contributed by atoms with Crippen molar-refractivity contribution in [1.29, 1.82) is 0 Å². The van der Waals surface area contributed by atoms with Crippen LogP contribution in [0.3, 0.4) is 0 Å². The van der Waals surface area contributed by atoms with Gasteiger partial charge in [-0.1, -0.05) is 71.9 Å². The molecule has 2 amide bonds. The fourth-order valence-corrected chi connectivity index (χ4v) is 8.40. The number of amides is 2. The van der Waals surface area contributed by atoms with Gasteiger partial charge in [-0.2, -0.15) is 4.37 Å². The number of esters is 4. The normalized spacial score (nSPS) is 16.6. The standard InChI is InChI=1S/C42H38ClN5O13S2/c1-21(49)57-27-17-16-25(18-28(27)58-22(2)50)33(40(55)59-32(23-12-8-6-9-13-23)24-14-10-7-11-15-24)61-46-29(34-45-36(63-47-34)41(56)60-42(3,4)5)35(51)44-30-37(52)48-31(39(53)54)26(19-43)20-62-38(30)48/h6-18,30,32-33,38H,19-20H2,1-5H3,(H,44,51)(H,53,54)/t30-,33?,38+/m1/s1. The Morgan fingerprint density at radius 3 is 2.11 bits per heavy atom. The minimum Gasteiger partial charge on any atom is -0.477 e. The Balaban J connectivity index is 1.42. The average molecular weight is 920 g/mol. The van der Waals surface area contributed by atoms with Crippen molar-refractivity contribution >= 4 is 82.3 Å². The van der Waals surface area contributed by atoms with Crippen molar-refractivity contribution in [1.82, 2.24) is 19.6 Å². The highest BCUT2D eigenvalue weighted by Gasteiger charge is 2.54. The number of β-lactam (4-membered cyclic amide) rings is 1. The Kier molecular flexibility index (Phi) is 14.3. The zero-order valence-corrected chi connectivity index (χ0v) is 36.4. The third-order valence-corrected chi connectivity index (χ3v) is 11.2. The number of hydrogen-bond donors (Lipinski definition) is 2. The lowest BCUT2D eigenvalue weighted by Crippen LogP contribution is -2.71. The number of carbonyl (C=O) groups is 7. The predicted molar refractivity (Wildman–Crippen MR) is 226 cm³/mol. The van der Waals surface area contributed by atoms with E-state index in [1.165, 1.54) is 30.0 Å². The van der Waals surface area contributed by atoms with Gasteiger partial charge in [-0.3, -0.25) is 24.1 Å². The van der Waals surface area contributed by atoms with Crippen molar-refractivity contribution in [2.45, 2.75) is 63.8 Å². The summed E-state index contributed by atoms with van der Waals surface area (Å²) < 4.78 is 26.2. The van der Waals surface area contributed by atoms with Crippen LogP contribution < -0.4 is 14.8 Å². The highest BCUT2D eigenvalue weighted by Crippen LogP contribution is 2.41. The van der Waals surface area contributed by atoms with Crippen molar-refractivity contribution in [2.24, 2.45) is 5.16 Å². The number of aliphatic carboxylic acids is 1. The van der Waals surface area contributed by atoms with Crippen LogP contribution in [0, 0.1) is 0 Å². The summed E-state index contributed by atoms with van der Waals surface area (Å²) in [7, 11) is 0. The van der Waals surface area contributed by atoms with Gasteiger partial charge in [0.1, 0.15) is 22.7 Å². The molecule has 63 heavy (non-hydrogen) atoms. The summed E-state index contributed by atoms with van der Waals surface area (Å²) in [5.41, 5.74) is -0.539. The molecule has 3 heterocycles. The molecule has 0 spiro atoms. The number of halogens is 1. The zero-order valence-electron chi connectivity index (χ0n) is 34.1. The van der Waals surface area contributed by atoms with Gasteiger partial charge in [-0.25, -0.2) is 19.4 Å². The molecule has 0 aliphatic carbocycles. The Labute approximate surface area is 372 Å². The molecule has 3 aromatic carbocycles. The van der Waals surface area contributed by atoms with Gasteiger partial charge in [0.2, 0.25) is 22.6 Å². The van der Waals surface area contributed by atoms with Crippen LogP contribution in [0.5, 0.6) is 11.5 Å². The van der Waals surface area contributed by atoms with Gasteiger partial charge in [0.15, 0.2) is 17.6 Å². The molecule has 1 aromatic heterocycles. The van der Waals surface area contributed by atoms with E-state index in [0.717, 1.165) is 18.7 Å². The number of benzene rings is 3. The van der Waals surface area contributed by atoms with Crippen molar-refractivity contribution in [3.05, 3.63) is 118 Å². The maximum atomic E-state index is 14.5. The molecular weight excluding hydrogens is 882 g/mol. The number of aromatic nitrogens is 2. The Hall–Kier alpha value is -6.64. The molecule has 1 unspecified atom stereocenters. The van der Waals surface area contributed by atoms with Crippen molar-refractivity contribution in [3.8, 4) is 11.5 Å². The second kappa shape index (κ2) is 19.6. The monoisotopic (exact) mass is 919 g/mol. The van der Waals surface area contributed by atoms with E-state index in [2.05, 4.69) is 19.8 Å². The van der Waals surface area contributed by atoms with Crippen LogP contribution in [-0.4, -0.2) is 95.4 Å². The first-order valence-corrected chi connectivity index (χ1v) is 21.2. The molecule has 6 rings (SSSR count). The van der Waals surface area contributed by atoms with E-state index in [1.54, 1.807) is 81.4 Å². The molecule has 4 aromatic rings. The second-order valence-corrected chi connectivity index (χ2v) is 16.8. The minimum atomic E-state index is -1.88. The summed E-state index contributed by atoms with van der Waals surface area (Å²) in [4.78, 5) is 102. The van der Waals surface area contributed by atoms with Gasteiger partial charge in [-0.15, -0.1) is 23.4 Å². The van der Waals surface area contributed by atoms with Crippen LogP contribution in [0.25, 0.3) is 0 Å². The lowest BCUT2D eigenvalue weighted by Gasteiger charge is -2.49. The lowest BCUT2D eigenvalue weighted by molar-refractivity contribution is -0.162. The molecular formula is C42H38ClN5O13S2. The Morgan fingerprint density at radius 2 is 1.54 bits per heavy atom. The summed E-state index contributed by atoms with van der Waals surface area (Å²) in [6, 6.07) is 20.0. The molecule has 21 heteroatoms. The molecule has 0 radical (unpaired) electrons. The topological polar surface area (TPSA) is 239 Å². The molecule has 0 saturated carbocycles. The van der Waals surface area contributed by atoms with Gasteiger partial charge in [-0.05, 0) is 61.1 Å². The average Bonchev–Trinajstić information content (AvgIpc) is 3.73. The van der Waals surface area contributed by atoms with E-state index in [1.807, 2.05) is 0 Å². The maximum Gasteiger partial charge on any atom is 0.369 e. The summed E-state index contributed by atoms with van der Waals surface area (Å²) in [6.07, 6.45) is -2.88. The van der Waals surface area contributed by atoms with Gasteiger partial charge in [0, 0.05) is 31.0 Å². The fraction of sp³-hybridized carbons (Fsp3) is 0.286. The number of fused-ring (bicyclic) bond motifs is 1. The number of carbonyl (C=O) groups excluding carboxylic acids is 6. The number of carboxylic acids is 1. The Bertz CT molecular complexity index is 2470. The van der Waals surface area contributed by atoms with Gasteiger partial charge < -0.3 is 34.2 Å². The van der Waals surface area contributed by atoms with Crippen LogP contribution in [0.1, 0.15) is 79.1 Å². The largest absolute Gasteiger partial charge is 0.477 e. The quantitative estimate of drug-likeness (QED) is 0.0393. The van der Waals surface area contributed by atoms with E-state index >= 15 is 0 Å². The Morgan fingerprint density at radius 1 is 0.921 bits per heavy atom. The van der Waals surface area contributed by atoms with E-state index in [0.29, 0.717) is 28.2 Å². The van der Waals surface area contributed by atoms with Crippen LogP contribution >= 0.6 is 34.9 Å². The number of nitrogens with one attached hydrogen (secondary N) is 1. The van der Waals surface area contributed by atoms with Crippen LogP contribution in [0.15, 0.2) is 95.3 Å². The molecule has 1 saturated heterocycles. The summed E-state index contributed by atoms with van der Waals surface area (Å²) in [5.74, 6) is -7.65. The van der Waals surface area contributed by atoms with E-state index < -0.39 is 82.4 Å². The number of hydrogen-bond acceptors (Lipinski definition) is 17. The van der Waals surface area contributed by atoms with Gasteiger partial charge in [0.25, 0.3) is 11.8 Å². The number of alkyl halides is 1. The van der Waals surface area contributed by atoms with Crippen LogP contribution in [0.4, 0.5) is 0 Å². The lowest BCUT2D eigenvalue weighted by atomic mass is 10.0. The smallest absolute Gasteiger partial charge is 0.369 e. The number of rotatable bonds is 15. The molecule has 0 bridgehead atoms. The molecule has 2 N–H and O–H groups in total. The summed E-state index contributed by atoms with van der Waals surface area (Å²) >= 11 is 7.71. The number of nitrogens with zero attached hydrogens (tertiary/aromatic N) is 4. The minimum absolute atomic E-state index is 0.0669. The number of thioether (sulfide) groups is 1.